The molecule has 0 radical (unpaired) electrons. The number of rotatable bonds is 8. The van der Waals surface area contributed by atoms with Crippen LogP contribution in [0.1, 0.15) is 64.2 Å². The van der Waals surface area contributed by atoms with E-state index in [1.165, 1.54) is 64.2 Å². The van der Waals surface area contributed by atoms with E-state index in [0.717, 1.165) is 13.1 Å². The molecule has 0 aromatic carbocycles. The molecule has 0 bridgehead atoms. The third-order valence-corrected chi connectivity index (χ3v) is 5.88. The monoisotopic (exact) mass is 333 g/mol. The Bertz CT molecular complexity index is 392. The molecule has 0 aliphatic heterocycles. The molecule has 0 heterocycles. The lowest BCUT2D eigenvalue weighted by Gasteiger charge is -2.43. The lowest BCUT2D eigenvalue weighted by atomic mass is 9.88. The molecule has 136 valence electrons. The van der Waals surface area contributed by atoms with Crippen LogP contribution in [0.3, 0.4) is 0 Å². The molecular formula is C21H37N2O+. The second-order valence-corrected chi connectivity index (χ2v) is 8.10. The standard InChI is InChI=1S/C21H37N2O/c1-4-16-23(3,17-5-2)18-21(24)22(19-12-8-6-9-13-19)20-14-10-7-11-15-20/h4-5,19-20H,1-2,6-18H2,3H3/q+1. The fraction of sp³-hybridized carbons (Fsp3) is 0.762. The highest BCUT2D eigenvalue weighted by Crippen LogP contribution is 2.30. The maximum absolute atomic E-state index is 13.3. The predicted octanol–water partition coefficient (Wildman–Crippen LogP) is 4.30. The fourth-order valence-corrected chi connectivity index (χ4v) is 4.66. The van der Waals surface area contributed by atoms with Crippen molar-refractivity contribution in [1.82, 2.24) is 4.90 Å². The summed E-state index contributed by atoms with van der Waals surface area (Å²) in [6, 6.07) is 0.963. The van der Waals surface area contributed by atoms with Gasteiger partial charge in [0.2, 0.25) is 0 Å². The maximum atomic E-state index is 13.3. The van der Waals surface area contributed by atoms with E-state index in [-0.39, 0.29) is 0 Å². The van der Waals surface area contributed by atoms with Crippen molar-refractivity contribution in [3.05, 3.63) is 25.3 Å². The summed E-state index contributed by atoms with van der Waals surface area (Å²) in [6.45, 7) is 9.99. The quantitative estimate of drug-likeness (QED) is 0.479. The van der Waals surface area contributed by atoms with Gasteiger partial charge in [-0.3, -0.25) is 4.79 Å². The minimum Gasteiger partial charge on any atom is -0.332 e. The van der Waals surface area contributed by atoms with E-state index in [1.54, 1.807) is 0 Å². The zero-order valence-corrected chi connectivity index (χ0v) is 15.7. The molecule has 2 saturated carbocycles. The van der Waals surface area contributed by atoms with Crippen molar-refractivity contribution in [3.8, 4) is 0 Å². The van der Waals surface area contributed by atoms with Crippen LogP contribution in [0, 0.1) is 0 Å². The van der Waals surface area contributed by atoms with Crippen LogP contribution in [0.4, 0.5) is 0 Å². The fourth-order valence-electron chi connectivity index (χ4n) is 4.66. The SMILES string of the molecule is C=CC[N+](C)(CC=C)CC(=O)N(C1CCCCC1)C1CCCCC1. The summed E-state index contributed by atoms with van der Waals surface area (Å²) >= 11 is 0. The molecule has 0 N–H and O–H groups in total. The molecular weight excluding hydrogens is 296 g/mol. The Hall–Kier alpha value is -1.09. The van der Waals surface area contributed by atoms with Crippen molar-refractivity contribution in [2.24, 2.45) is 0 Å². The first kappa shape index (κ1) is 19.2. The van der Waals surface area contributed by atoms with Gasteiger partial charge in [0.25, 0.3) is 5.91 Å². The van der Waals surface area contributed by atoms with E-state index < -0.39 is 0 Å². The number of amides is 1. The molecule has 3 heteroatoms. The molecule has 0 aromatic rings. The Morgan fingerprint density at radius 1 is 0.917 bits per heavy atom. The van der Waals surface area contributed by atoms with Gasteiger partial charge in [0, 0.05) is 12.1 Å². The number of likely N-dealkylation sites (N-methyl/N-ethyl adjacent to an activating group) is 1. The largest absolute Gasteiger partial charge is 0.332 e. The number of nitrogens with zero attached hydrogens (tertiary/aromatic N) is 2. The van der Waals surface area contributed by atoms with Crippen molar-refractivity contribution >= 4 is 5.91 Å². The highest BCUT2D eigenvalue weighted by Gasteiger charge is 2.35. The van der Waals surface area contributed by atoms with Gasteiger partial charge in [0.1, 0.15) is 0 Å². The Morgan fingerprint density at radius 2 is 1.33 bits per heavy atom. The number of hydrogen-bond donors (Lipinski definition) is 0. The molecule has 24 heavy (non-hydrogen) atoms. The summed E-state index contributed by atoms with van der Waals surface area (Å²) in [4.78, 5) is 15.7. The zero-order valence-electron chi connectivity index (χ0n) is 15.7. The van der Waals surface area contributed by atoms with E-state index in [4.69, 9.17) is 0 Å². The molecule has 3 nitrogen and oxygen atoms in total. The lowest BCUT2D eigenvalue weighted by molar-refractivity contribution is -0.890. The van der Waals surface area contributed by atoms with Gasteiger partial charge in [-0.05, 0) is 37.8 Å². The smallest absolute Gasteiger partial charge is 0.278 e. The summed E-state index contributed by atoms with van der Waals surface area (Å²) in [6.07, 6.45) is 16.5. The van der Waals surface area contributed by atoms with Crippen molar-refractivity contribution in [2.45, 2.75) is 76.3 Å². The molecule has 0 spiro atoms. The summed E-state index contributed by atoms with van der Waals surface area (Å²) in [5, 5.41) is 0. The highest BCUT2D eigenvalue weighted by molar-refractivity contribution is 5.78. The Morgan fingerprint density at radius 3 is 1.71 bits per heavy atom. The van der Waals surface area contributed by atoms with E-state index >= 15 is 0 Å². The van der Waals surface area contributed by atoms with E-state index in [2.05, 4.69) is 25.1 Å². The average Bonchev–Trinajstić information content (AvgIpc) is 2.57. The van der Waals surface area contributed by atoms with Gasteiger partial charge in [-0.15, -0.1) is 0 Å². The van der Waals surface area contributed by atoms with Crippen molar-refractivity contribution < 1.29 is 9.28 Å². The van der Waals surface area contributed by atoms with Crippen molar-refractivity contribution in [2.75, 3.05) is 26.7 Å². The van der Waals surface area contributed by atoms with Crippen LogP contribution in [0.5, 0.6) is 0 Å². The molecule has 2 fully saturated rings. The van der Waals surface area contributed by atoms with E-state index in [0.29, 0.717) is 29.0 Å². The Kier molecular flexibility index (Phi) is 7.54. The van der Waals surface area contributed by atoms with Gasteiger partial charge < -0.3 is 9.38 Å². The van der Waals surface area contributed by atoms with Crippen LogP contribution in [0.15, 0.2) is 25.3 Å². The molecule has 0 atom stereocenters. The minimum atomic E-state index is 0.361. The molecule has 0 unspecified atom stereocenters. The first-order valence-electron chi connectivity index (χ1n) is 9.96. The van der Waals surface area contributed by atoms with Gasteiger partial charge in [-0.2, -0.15) is 0 Å². The number of quaternary nitrogens is 1. The van der Waals surface area contributed by atoms with Crippen LogP contribution in [-0.2, 0) is 4.79 Å². The number of hydrogen-bond acceptors (Lipinski definition) is 1. The molecule has 2 aliphatic rings. The van der Waals surface area contributed by atoms with Gasteiger partial charge in [0.15, 0.2) is 6.54 Å². The van der Waals surface area contributed by atoms with E-state index in [1.807, 2.05) is 12.2 Å². The molecule has 1 amide bonds. The average molecular weight is 334 g/mol. The Balaban J connectivity index is 2.12. The van der Waals surface area contributed by atoms with Crippen LogP contribution in [0.25, 0.3) is 0 Å². The first-order chi connectivity index (χ1) is 11.6. The summed E-state index contributed by atoms with van der Waals surface area (Å²) in [7, 11) is 2.15. The van der Waals surface area contributed by atoms with Gasteiger partial charge in [0.05, 0.1) is 20.1 Å². The summed E-state index contributed by atoms with van der Waals surface area (Å²) in [5.74, 6) is 0.361. The van der Waals surface area contributed by atoms with Crippen molar-refractivity contribution in [3.63, 3.8) is 0 Å². The first-order valence-corrected chi connectivity index (χ1v) is 9.96. The molecule has 2 aliphatic carbocycles. The predicted molar refractivity (Wildman–Crippen MR) is 102 cm³/mol. The lowest BCUT2D eigenvalue weighted by Crippen LogP contribution is -2.56. The van der Waals surface area contributed by atoms with E-state index in [9.17, 15) is 4.79 Å². The van der Waals surface area contributed by atoms with Gasteiger partial charge in [-0.1, -0.05) is 51.7 Å². The minimum absolute atomic E-state index is 0.361. The third-order valence-electron chi connectivity index (χ3n) is 5.88. The zero-order chi connectivity index (χ0) is 17.4. The normalized spacial score (nSPS) is 20.5. The van der Waals surface area contributed by atoms with Gasteiger partial charge in [-0.25, -0.2) is 0 Å². The summed E-state index contributed by atoms with van der Waals surface area (Å²) < 4.78 is 0.696. The van der Waals surface area contributed by atoms with Crippen LogP contribution in [-0.4, -0.2) is 54.1 Å². The van der Waals surface area contributed by atoms with Crippen LogP contribution < -0.4 is 0 Å². The molecule has 0 aromatic heterocycles. The number of carbonyl (C=O) groups is 1. The second kappa shape index (κ2) is 9.41. The highest BCUT2D eigenvalue weighted by atomic mass is 16.2. The Labute approximate surface area is 149 Å². The maximum Gasteiger partial charge on any atom is 0.278 e. The summed E-state index contributed by atoms with van der Waals surface area (Å²) in [5.41, 5.74) is 0. The molecule has 2 rings (SSSR count). The van der Waals surface area contributed by atoms with Crippen LogP contribution in [0.2, 0.25) is 0 Å². The van der Waals surface area contributed by atoms with Crippen LogP contribution >= 0.6 is 0 Å². The third kappa shape index (κ3) is 5.20. The molecule has 0 saturated heterocycles. The topological polar surface area (TPSA) is 20.3 Å². The number of carbonyl (C=O) groups excluding carboxylic acids is 1. The second-order valence-electron chi connectivity index (χ2n) is 8.10. The van der Waals surface area contributed by atoms with Crippen molar-refractivity contribution in [1.29, 1.82) is 0 Å². The van der Waals surface area contributed by atoms with Gasteiger partial charge >= 0.3 is 0 Å².